The second-order valence-corrected chi connectivity index (χ2v) is 7.04. The van der Waals surface area contributed by atoms with Gasteiger partial charge in [-0.1, -0.05) is 24.0 Å². The summed E-state index contributed by atoms with van der Waals surface area (Å²) in [7, 11) is 1.35. The molecular formula is C17H10FN3O3S2. The van der Waals surface area contributed by atoms with Crippen LogP contribution in [0, 0.1) is 5.82 Å². The number of hydrogen-bond donors (Lipinski definition) is 1. The Hall–Kier alpha value is -2.78. The molecule has 0 bridgehead atoms. The van der Waals surface area contributed by atoms with Crippen molar-refractivity contribution in [3.63, 3.8) is 0 Å². The molecular weight excluding hydrogens is 377 g/mol. The van der Waals surface area contributed by atoms with Gasteiger partial charge in [0.05, 0.1) is 12.0 Å². The third-order valence-corrected chi connectivity index (χ3v) is 4.83. The molecule has 1 N–H and O–H groups in total. The molecule has 9 heteroatoms. The van der Waals surface area contributed by atoms with Crippen molar-refractivity contribution in [2.45, 2.75) is 0 Å². The summed E-state index contributed by atoms with van der Waals surface area (Å²) in [6.45, 7) is 0. The molecule has 0 atom stereocenters. The minimum absolute atomic E-state index is 0.0843. The number of thiocarbonyl (C=S) groups is 1. The second kappa shape index (κ2) is 6.50. The van der Waals surface area contributed by atoms with Gasteiger partial charge in [0.25, 0.3) is 5.91 Å². The number of fused-ring (bicyclic) bond motifs is 1. The van der Waals surface area contributed by atoms with Gasteiger partial charge in [0.2, 0.25) is 5.88 Å². The number of nitrogens with one attached hydrogen (secondary N) is 1. The molecule has 3 aromatic heterocycles. The maximum atomic E-state index is 14.0. The number of methoxy groups -OCH3 is 1. The summed E-state index contributed by atoms with van der Waals surface area (Å²) >= 11 is 6.14. The number of furan rings is 1. The predicted octanol–water partition coefficient (Wildman–Crippen LogP) is 3.53. The summed E-state index contributed by atoms with van der Waals surface area (Å²) < 4.78 is 25.1. The first-order valence-electron chi connectivity index (χ1n) is 7.37. The molecule has 1 fully saturated rings. The van der Waals surface area contributed by atoms with Crippen molar-refractivity contribution in [3.8, 4) is 17.0 Å². The Morgan fingerprint density at radius 2 is 2.19 bits per heavy atom. The highest BCUT2D eigenvalue weighted by Crippen LogP contribution is 2.33. The van der Waals surface area contributed by atoms with Crippen molar-refractivity contribution in [1.29, 1.82) is 0 Å². The van der Waals surface area contributed by atoms with Gasteiger partial charge >= 0.3 is 0 Å². The van der Waals surface area contributed by atoms with E-state index in [1.165, 1.54) is 31.1 Å². The van der Waals surface area contributed by atoms with Crippen LogP contribution in [0.5, 0.6) is 5.88 Å². The van der Waals surface area contributed by atoms with Gasteiger partial charge in [-0.2, -0.15) is 0 Å². The molecule has 0 unspecified atom stereocenters. The fourth-order valence-corrected chi connectivity index (χ4v) is 3.56. The van der Waals surface area contributed by atoms with E-state index in [-0.39, 0.29) is 11.8 Å². The Kier molecular flexibility index (Phi) is 4.17. The maximum Gasteiger partial charge on any atom is 0.263 e. The Labute approximate surface area is 156 Å². The summed E-state index contributed by atoms with van der Waals surface area (Å²) in [5, 5.41) is 3.27. The lowest BCUT2D eigenvalue weighted by molar-refractivity contribution is -0.115. The van der Waals surface area contributed by atoms with Crippen LogP contribution in [0.1, 0.15) is 5.76 Å². The van der Waals surface area contributed by atoms with Gasteiger partial charge in [-0.15, -0.1) is 0 Å². The normalized spacial score (nSPS) is 15.7. The van der Waals surface area contributed by atoms with Crippen molar-refractivity contribution in [1.82, 2.24) is 15.3 Å². The van der Waals surface area contributed by atoms with Crippen LogP contribution in [0.3, 0.4) is 0 Å². The molecule has 26 heavy (non-hydrogen) atoms. The first-order valence-corrected chi connectivity index (χ1v) is 8.60. The summed E-state index contributed by atoms with van der Waals surface area (Å²) in [6, 6.07) is 3.06. The zero-order chi connectivity index (χ0) is 18.3. The Bertz CT molecular complexity index is 1090. The summed E-state index contributed by atoms with van der Waals surface area (Å²) in [4.78, 5) is 20.3. The standard InChI is InChI=1S/C17H10FN3O3S2/c1-23-16-12(18)3-8(6-20-16)11-7-19-5-9-2-10(24-14(9)11)4-13-15(22)21-17(25)26-13/h2-7H,1H3,(H,21,22,25)/b13-4+. The molecule has 1 aliphatic rings. The lowest BCUT2D eigenvalue weighted by Gasteiger charge is -2.04. The monoisotopic (exact) mass is 387 g/mol. The smallest absolute Gasteiger partial charge is 0.263 e. The van der Waals surface area contributed by atoms with Crippen molar-refractivity contribution in [3.05, 3.63) is 47.2 Å². The van der Waals surface area contributed by atoms with Crippen LogP contribution < -0.4 is 10.1 Å². The SMILES string of the molecule is COc1ncc(-c2cncc3cc(/C=C4/SC(=S)NC4=O)oc23)cc1F. The van der Waals surface area contributed by atoms with Gasteiger partial charge < -0.3 is 14.5 Å². The Morgan fingerprint density at radius 3 is 2.88 bits per heavy atom. The first kappa shape index (κ1) is 16.7. The van der Waals surface area contributed by atoms with Crippen molar-refractivity contribution in [2.24, 2.45) is 0 Å². The summed E-state index contributed by atoms with van der Waals surface area (Å²) in [6.07, 6.45) is 6.29. The molecule has 4 heterocycles. The number of halogens is 1. The molecule has 0 radical (unpaired) electrons. The maximum absolute atomic E-state index is 14.0. The quantitative estimate of drug-likeness (QED) is 0.544. The van der Waals surface area contributed by atoms with Crippen LogP contribution in [-0.2, 0) is 4.79 Å². The number of aromatic nitrogens is 2. The van der Waals surface area contributed by atoms with E-state index in [0.29, 0.717) is 31.7 Å². The zero-order valence-electron chi connectivity index (χ0n) is 13.3. The van der Waals surface area contributed by atoms with Gasteiger partial charge in [-0.3, -0.25) is 9.78 Å². The fourth-order valence-electron chi connectivity index (χ4n) is 2.53. The molecule has 1 aliphatic heterocycles. The molecule has 0 spiro atoms. The van der Waals surface area contributed by atoms with E-state index in [1.807, 2.05) is 0 Å². The Balaban J connectivity index is 1.79. The van der Waals surface area contributed by atoms with Crippen LogP contribution in [0.4, 0.5) is 4.39 Å². The Morgan fingerprint density at radius 1 is 1.35 bits per heavy atom. The van der Waals surface area contributed by atoms with E-state index in [4.69, 9.17) is 21.4 Å². The highest BCUT2D eigenvalue weighted by Gasteiger charge is 2.23. The zero-order valence-corrected chi connectivity index (χ0v) is 14.9. The van der Waals surface area contributed by atoms with Gasteiger partial charge in [0, 0.05) is 41.2 Å². The molecule has 0 aromatic carbocycles. The number of hydrogen-bond acceptors (Lipinski definition) is 7. The van der Waals surface area contributed by atoms with Crippen LogP contribution >= 0.6 is 24.0 Å². The molecule has 1 saturated heterocycles. The predicted molar refractivity (Wildman–Crippen MR) is 100 cm³/mol. The molecule has 0 saturated carbocycles. The molecule has 4 rings (SSSR count). The minimum atomic E-state index is -0.580. The average Bonchev–Trinajstić information content (AvgIpc) is 3.16. The van der Waals surface area contributed by atoms with Gasteiger partial charge in [0.15, 0.2) is 5.82 Å². The van der Waals surface area contributed by atoms with E-state index < -0.39 is 5.82 Å². The van der Waals surface area contributed by atoms with E-state index in [1.54, 1.807) is 24.5 Å². The lowest BCUT2D eigenvalue weighted by atomic mass is 10.1. The number of rotatable bonds is 3. The first-order chi connectivity index (χ1) is 12.5. The number of carbonyl (C=O) groups is 1. The highest BCUT2D eigenvalue weighted by atomic mass is 32.2. The van der Waals surface area contributed by atoms with Crippen molar-refractivity contribution < 1.29 is 18.3 Å². The second-order valence-electron chi connectivity index (χ2n) is 5.32. The number of nitrogens with zero attached hydrogens (tertiary/aromatic N) is 2. The van der Waals surface area contributed by atoms with E-state index in [0.717, 1.165) is 5.39 Å². The molecule has 1 amide bonds. The van der Waals surface area contributed by atoms with Crippen LogP contribution in [0.15, 0.2) is 40.0 Å². The van der Waals surface area contributed by atoms with Gasteiger partial charge in [-0.05, 0) is 12.1 Å². The average molecular weight is 387 g/mol. The van der Waals surface area contributed by atoms with Crippen molar-refractivity contribution >= 4 is 51.3 Å². The van der Waals surface area contributed by atoms with Gasteiger partial charge in [-0.25, -0.2) is 9.37 Å². The van der Waals surface area contributed by atoms with E-state index in [2.05, 4.69) is 15.3 Å². The molecule has 3 aromatic rings. The molecule has 130 valence electrons. The highest BCUT2D eigenvalue weighted by molar-refractivity contribution is 8.26. The summed E-state index contributed by atoms with van der Waals surface area (Å²) in [5.74, 6) is -0.457. The number of pyridine rings is 2. The third kappa shape index (κ3) is 2.95. The van der Waals surface area contributed by atoms with Gasteiger partial charge in [0.1, 0.15) is 15.7 Å². The van der Waals surface area contributed by atoms with E-state index in [9.17, 15) is 9.18 Å². The number of ether oxygens (including phenoxy) is 1. The van der Waals surface area contributed by atoms with Crippen molar-refractivity contribution in [2.75, 3.05) is 7.11 Å². The number of amides is 1. The fraction of sp³-hybridized carbons (Fsp3) is 0.0588. The summed E-state index contributed by atoms with van der Waals surface area (Å²) in [5.41, 5.74) is 1.61. The lowest BCUT2D eigenvalue weighted by Crippen LogP contribution is -2.17. The topological polar surface area (TPSA) is 77.3 Å². The molecule has 0 aliphatic carbocycles. The third-order valence-electron chi connectivity index (χ3n) is 3.67. The van der Waals surface area contributed by atoms with E-state index >= 15 is 0 Å². The number of thioether (sulfide) groups is 1. The largest absolute Gasteiger partial charge is 0.479 e. The van der Waals surface area contributed by atoms with Crippen LogP contribution in [0.25, 0.3) is 28.2 Å². The minimum Gasteiger partial charge on any atom is -0.479 e. The molecule has 6 nitrogen and oxygen atoms in total. The van der Waals surface area contributed by atoms with Crippen LogP contribution in [0.2, 0.25) is 0 Å². The van der Waals surface area contributed by atoms with Crippen LogP contribution in [-0.4, -0.2) is 27.3 Å². The number of carbonyl (C=O) groups excluding carboxylic acids is 1.